The summed E-state index contributed by atoms with van der Waals surface area (Å²) in [4.78, 5) is 23.1. The van der Waals surface area contributed by atoms with E-state index in [-0.39, 0.29) is 11.5 Å². The van der Waals surface area contributed by atoms with Crippen LogP contribution in [-0.4, -0.2) is 18.9 Å². The number of rotatable bonds is 2. The third kappa shape index (κ3) is 2.57. The van der Waals surface area contributed by atoms with E-state index >= 15 is 0 Å². The van der Waals surface area contributed by atoms with Gasteiger partial charge in [0.1, 0.15) is 5.76 Å². The van der Waals surface area contributed by atoms with Gasteiger partial charge in [-0.2, -0.15) is 0 Å². The number of hydrogen-bond donors (Lipinski definition) is 0. The van der Waals surface area contributed by atoms with Gasteiger partial charge in [-0.15, -0.1) is 0 Å². The third-order valence-corrected chi connectivity index (χ3v) is 2.88. The Morgan fingerprint density at radius 2 is 1.84 bits per heavy atom. The van der Waals surface area contributed by atoms with Crippen molar-refractivity contribution in [3.8, 4) is 0 Å². The van der Waals surface area contributed by atoms with Crippen LogP contribution in [0.25, 0.3) is 5.76 Å². The number of allylic oxidation sites excluding steroid dienone is 1. The molecule has 2 rings (SSSR count). The molecule has 98 valence electrons. The molecule has 0 saturated heterocycles. The lowest BCUT2D eigenvalue weighted by atomic mass is 10.1. The van der Waals surface area contributed by atoms with E-state index < -0.39 is 5.97 Å². The second-order valence-electron chi connectivity index (χ2n) is 4.28. The Kier molecular flexibility index (Phi) is 3.51. The summed E-state index contributed by atoms with van der Waals surface area (Å²) >= 11 is 0. The molecule has 0 fully saturated rings. The minimum absolute atomic E-state index is 0.0000694. The van der Waals surface area contributed by atoms with E-state index in [1.807, 2.05) is 31.2 Å². The number of aryl methyl sites for hydroxylation is 1. The van der Waals surface area contributed by atoms with Crippen LogP contribution in [0.5, 0.6) is 0 Å². The monoisotopic (exact) mass is 258 g/mol. The molecule has 1 aromatic rings. The number of esters is 1. The Morgan fingerprint density at radius 3 is 2.42 bits per heavy atom. The highest BCUT2D eigenvalue weighted by Crippen LogP contribution is 2.32. The Labute approximate surface area is 111 Å². The van der Waals surface area contributed by atoms with Gasteiger partial charge in [-0.3, -0.25) is 4.79 Å². The van der Waals surface area contributed by atoms with Crippen molar-refractivity contribution in [1.29, 1.82) is 0 Å². The first kappa shape index (κ1) is 13.1. The zero-order valence-corrected chi connectivity index (χ0v) is 11.0. The molecule has 0 radical (unpaired) electrons. The van der Waals surface area contributed by atoms with Crippen molar-refractivity contribution in [2.45, 2.75) is 13.8 Å². The SMILES string of the molecule is COC(=O)/C=C1\OC(c2ccc(C)cc2)=C(C)C1=O. The van der Waals surface area contributed by atoms with Gasteiger partial charge in [-0.05, 0) is 13.8 Å². The van der Waals surface area contributed by atoms with Crippen molar-refractivity contribution < 1.29 is 19.1 Å². The normalized spacial score (nSPS) is 16.8. The van der Waals surface area contributed by atoms with Crippen LogP contribution in [0.2, 0.25) is 0 Å². The third-order valence-electron chi connectivity index (χ3n) is 2.88. The zero-order valence-electron chi connectivity index (χ0n) is 11.0. The quantitative estimate of drug-likeness (QED) is 0.603. The topological polar surface area (TPSA) is 52.6 Å². The fourth-order valence-corrected chi connectivity index (χ4v) is 1.76. The van der Waals surface area contributed by atoms with Gasteiger partial charge in [0, 0.05) is 11.1 Å². The van der Waals surface area contributed by atoms with Crippen molar-refractivity contribution in [3.05, 3.63) is 52.8 Å². The van der Waals surface area contributed by atoms with Gasteiger partial charge in [0.15, 0.2) is 5.76 Å². The van der Waals surface area contributed by atoms with Crippen LogP contribution < -0.4 is 0 Å². The fraction of sp³-hybridized carbons (Fsp3) is 0.200. The van der Waals surface area contributed by atoms with E-state index in [2.05, 4.69) is 4.74 Å². The van der Waals surface area contributed by atoms with E-state index in [1.165, 1.54) is 7.11 Å². The molecule has 0 aromatic heterocycles. The molecule has 19 heavy (non-hydrogen) atoms. The van der Waals surface area contributed by atoms with E-state index in [0.29, 0.717) is 11.3 Å². The van der Waals surface area contributed by atoms with Crippen molar-refractivity contribution in [2.24, 2.45) is 0 Å². The molecule has 0 N–H and O–H groups in total. The number of ether oxygens (including phenoxy) is 2. The van der Waals surface area contributed by atoms with Crippen LogP contribution in [0.3, 0.4) is 0 Å². The summed E-state index contributed by atoms with van der Waals surface area (Å²) in [5, 5.41) is 0. The number of benzene rings is 1. The number of carbonyl (C=O) groups is 2. The molecule has 4 heteroatoms. The van der Waals surface area contributed by atoms with E-state index in [4.69, 9.17) is 4.74 Å². The lowest BCUT2D eigenvalue weighted by Gasteiger charge is -2.04. The standard InChI is InChI=1S/C15H14O4/c1-9-4-6-11(7-5-9)15-10(2)14(17)12(19-15)8-13(16)18-3/h4-8H,1-3H3/b12-8-. The number of hydrogen-bond acceptors (Lipinski definition) is 4. The molecule has 0 saturated carbocycles. The minimum atomic E-state index is -0.610. The van der Waals surface area contributed by atoms with Gasteiger partial charge < -0.3 is 9.47 Å². The van der Waals surface area contributed by atoms with Crippen LogP contribution >= 0.6 is 0 Å². The minimum Gasteiger partial charge on any atom is -0.466 e. The van der Waals surface area contributed by atoms with E-state index in [0.717, 1.165) is 17.2 Å². The van der Waals surface area contributed by atoms with Gasteiger partial charge in [-0.25, -0.2) is 4.79 Å². The van der Waals surface area contributed by atoms with Crippen LogP contribution in [-0.2, 0) is 19.1 Å². The summed E-state index contributed by atoms with van der Waals surface area (Å²) in [6.45, 7) is 3.66. The lowest BCUT2D eigenvalue weighted by Crippen LogP contribution is -2.03. The molecule has 0 atom stereocenters. The summed E-state index contributed by atoms with van der Waals surface area (Å²) in [5.74, 6) is -0.414. The summed E-state index contributed by atoms with van der Waals surface area (Å²) in [6, 6.07) is 7.63. The maximum Gasteiger partial charge on any atom is 0.334 e. The average molecular weight is 258 g/mol. The average Bonchev–Trinajstić information content (AvgIpc) is 2.68. The largest absolute Gasteiger partial charge is 0.466 e. The fourth-order valence-electron chi connectivity index (χ4n) is 1.76. The smallest absolute Gasteiger partial charge is 0.334 e. The second kappa shape index (κ2) is 5.10. The Hall–Kier alpha value is -2.36. The molecule has 0 aliphatic carbocycles. The van der Waals surface area contributed by atoms with Gasteiger partial charge in [0.25, 0.3) is 0 Å². The molecule has 0 bridgehead atoms. The van der Waals surface area contributed by atoms with Crippen LogP contribution in [0.15, 0.2) is 41.7 Å². The van der Waals surface area contributed by atoms with Gasteiger partial charge in [-0.1, -0.05) is 29.8 Å². The van der Waals surface area contributed by atoms with Gasteiger partial charge >= 0.3 is 5.97 Å². The highest BCUT2D eigenvalue weighted by molar-refractivity contribution is 6.16. The number of ketones is 1. The molecule has 0 amide bonds. The Morgan fingerprint density at radius 1 is 1.21 bits per heavy atom. The van der Waals surface area contributed by atoms with Crippen molar-refractivity contribution in [3.63, 3.8) is 0 Å². The van der Waals surface area contributed by atoms with Crippen LogP contribution in [0.1, 0.15) is 18.1 Å². The molecule has 1 aliphatic heterocycles. The van der Waals surface area contributed by atoms with Gasteiger partial charge in [0.05, 0.1) is 13.2 Å². The predicted octanol–water partition coefficient (Wildman–Crippen LogP) is 2.38. The highest BCUT2D eigenvalue weighted by atomic mass is 16.5. The Bertz CT molecular complexity index is 591. The maximum atomic E-state index is 11.9. The molecule has 1 aromatic carbocycles. The molecule has 4 nitrogen and oxygen atoms in total. The van der Waals surface area contributed by atoms with Crippen molar-refractivity contribution in [2.75, 3.05) is 7.11 Å². The van der Waals surface area contributed by atoms with Crippen LogP contribution in [0, 0.1) is 6.92 Å². The predicted molar refractivity (Wildman–Crippen MR) is 70.0 cm³/mol. The zero-order chi connectivity index (χ0) is 14.0. The summed E-state index contributed by atoms with van der Waals surface area (Å²) < 4.78 is 9.96. The highest BCUT2D eigenvalue weighted by Gasteiger charge is 2.28. The molecule has 0 spiro atoms. The van der Waals surface area contributed by atoms with Gasteiger partial charge in [0.2, 0.25) is 5.78 Å². The molecular weight excluding hydrogens is 244 g/mol. The first-order valence-electron chi connectivity index (χ1n) is 5.83. The lowest BCUT2D eigenvalue weighted by molar-refractivity contribution is -0.135. The number of methoxy groups -OCH3 is 1. The second-order valence-corrected chi connectivity index (χ2v) is 4.28. The number of Topliss-reactive ketones (excluding diaryl/α,β-unsaturated/α-hetero) is 1. The summed E-state index contributed by atoms with van der Waals surface area (Å²) in [5.41, 5.74) is 2.42. The van der Waals surface area contributed by atoms with E-state index in [9.17, 15) is 9.59 Å². The molecule has 0 unspecified atom stereocenters. The Balaban J connectivity index is 2.33. The first-order valence-corrected chi connectivity index (χ1v) is 5.83. The van der Waals surface area contributed by atoms with Crippen molar-refractivity contribution >= 4 is 17.5 Å². The molecular formula is C15H14O4. The molecule has 1 heterocycles. The molecule has 1 aliphatic rings. The van der Waals surface area contributed by atoms with E-state index in [1.54, 1.807) is 6.92 Å². The van der Waals surface area contributed by atoms with Crippen molar-refractivity contribution in [1.82, 2.24) is 0 Å². The maximum absolute atomic E-state index is 11.9. The first-order chi connectivity index (χ1) is 9.02. The summed E-state index contributed by atoms with van der Waals surface area (Å²) in [6.07, 6.45) is 1.06. The number of carbonyl (C=O) groups excluding carboxylic acids is 2. The van der Waals surface area contributed by atoms with Crippen LogP contribution in [0.4, 0.5) is 0 Å². The summed E-state index contributed by atoms with van der Waals surface area (Å²) in [7, 11) is 1.25.